The zero-order valence-corrected chi connectivity index (χ0v) is 15.6. The van der Waals surface area contributed by atoms with Crippen LogP contribution < -0.4 is 15.5 Å². The van der Waals surface area contributed by atoms with Crippen molar-refractivity contribution in [2.24, 2.45) is 0 Å². The number of halogens is 1. The summed E-state index contributed by atoms with van der Waals surface area (Å²) in [7, 11) is 1.73. The lowest BCUT2D eigenvalue weighted by Crippen LogP contribution is -2.56. The van der Waals surface area contributed by atoms with Crippen LogP contribution in [0.3, 0.4) is 0 Å². The fraction of sp³-hybridized carbons (Fsp3) is 0.263. The molecule has 7 heteroatoms. The van der Waals surface area contributed by atoms with Gasteiger partial charge in [0.2, 0.25) is 0 Å². The first-order chi connectivity index (χ1) is 12.3. The van der Waals surface area contributed by atoms with Gasteiger partial charge < -0.3 is 15.5 Å². The van der Waals surface area contributed by atoms with Crippen LogP contribution in [0.2, 0.25) is 5.02 Å². The molecular weight excluding hydrogens is 352 g/mol. The zero-order valence-electron chi connectivity index (χ0n) is 14.9. The quantitative estimate of drug-likeness (QED) is 0.850. The maximum absolute atomic E-state index is 12.8. The first-order valence-corrected chi connectivity index (χ1v) is 8.63. The van der Waals surface area contributed by atoms with E-state index in [0.717, 1.165) is 5.69 Å². The minimum absolute atomic E-state index is 0.169. The summed E-state index contributed by atoms with van der Waals surface area (Å²) < 4.78 is 0. The van der Waals surface area contributed by atoms with Gasteiger partial charge in [0.15, 0.2) is 0 Å². The third-order valence-corrected chi connectivity index (χ3v) is 4.94. The zero-order chi connectivity index (χ0) is 18.9. The predicted octanol–water partition coefficient (Wildman–Crippen LogP) is 4.14. The van der Waals surface area contributed by atoms with E-state index in [0.29, 0.717) is 10.7 Å². The Morgan fingerprint density at radius 3 is 2.31 bits per heavy atom. The number of benzene rings is 2. The largest absolute Gasteiger partial charge is 0.326 e. The molecule has 6 nitrogen and oxygen atoms in total. The van der Waals surface area contributed by atoms with E-state index in [1.54, 1.807) is 41.1 Å². The second kappa shape index (κ2) is 6.88. The Labute approximate surface area is 157 Å². The van der Waals surface area contributed by atoms with Crippen molar-refractivity contribution in [3.8, 4) is 0 Å². The summed E-state index contributed by atoms with van der Waals surface area (Å²) in [6, 6.07) is 15.6. The van der Waals surface area contributed by atoms with Crippen molar-refractivity contribution in [1.29, 1.82) is 0 Å². The molecule has 2 aromatic rings. The van der Waals surface area contributed by atoms with E-state index < -0.39 is 17.7 Å². The summed E-state index contributed by atoms with van der Waals surface area (Å²) in [5, 5.41) is 6.29. The van der Waals surface area contributed by atoms with Crippen LogP contribution in [0.25, 0.3) is 0 Å². The standard InChI is InChI=1S/C19H21ClN4O2/c1-19(2)16(22-17(25)21-14-11-9-13(20)10-12-14)24(18(26)23(19)3)15-7-5-4-6-8-15/h4-12,16H,1-3H3,(H2,21,22,25)/t16-/m0/s1. The Balaban J connectivity index is 1.83. The van der Waals surface area contributed by atoms with Gasteiger partial charge in [-0.25, -0.2) is 9.59 Å². The van der Waals surface area contributed by atoms with Crippen LogP contribution in [0.15, 0.2) is 54.6 Å². The lowest BCUT2D eigenvalue weighted by molar-refractivity contribution is 0.180. The van der Waals surface area contributed by atoms with Crippen LogP contribution in [-0.4, -0.2) is 35.7 Å². The average Bonchev–Trinajstić information content (AvgIpc) is 2.78. The van der Waals surface area contributed by atoms with E-state index in [4.69, 9.17) is 11.6 Å². The highest BCUT2D eigenvalue weighted by atomic mass is 35.5. The molecular formula is C19H21ClN4O2. The summed E-state index contributed by atoms with van der Waals surface area (Å²) in [5.74, 6) is 0. The highest BCUT2D eigenvalue weighted by Crippen LogP contribution is 2.33. The number of carbonyl (C=O) groups excluding carboxylic acids is 2. The van der Waals surface area contributed by atoms with Gasteiger partial charge >= 0.3 is 12.1 Å². The number of urea groups is 2. The van der Waals surface area contributed by atoms with Gasteiger partial charge in [0, 0.05) is 23.4 Å². The molecule has 1 saturated heterocycles. The van der Waals surface area contributed by atoms with Crippen LogP contribution in [0, 0.1) is 0 Å². The van der Waals surface area contributed by atoms with Crippen molar-refractivity contribution in [2.45, 2.75) is 25.6 Å². The molecule has 0 saturated carbocycles. The maximum Gasteiger partial charge on any atom is 0.326 e. The number of rotatable bonds is 3. The number of para-hydroxylation sites is 1. The van der Waals surface area contributed by atoms with Crippen molar-refractivity contribution in [1.82, 2.24) is 10.2 Å². The minimum Gasteiger partial charge on any atom is -0.318 e. The van der Waals surface area contributed by atoms with E-state index in [1.807, 2.05) is 44.2 Å². The van der Waals surface area contributed by atoms with Gasteiger partial charge in [0.05, 0.1) is 5.54 Å². The van der Waals surface area contributed by atoms with Crippen molar-refractivity contribution in [3.63, 3.8) is 0 Å². The SMILES string of the molecule is CN1C(=O)N(c2ccccc2)[C@H](NC(=O)Nc2ccc(Cl)cc2)C1(C)C. The fourth-order valence-electron chi connectivity index (χ4n) is 2.93. The number of nitrogens with one attached hydrogen (secondary N) is 2. The Morgan fingerprint density at radius 1 is 1.08 bits per heavy atom. The molecule has 1 fully saturated rings. The smallest absolute Gasteiger partial charge is 0.318 e. The molecule has 0 spiro atoms. The first kappa shape index (κ1) is 18.1. The average molecular weight is 373 g/mol. The number of nitrogens with zero attached hydrogens (tertiary/aromatic N) is 2. The number of anilines is 2. The highest BCUT2D eigenvalue weighted by Gasteiger charge is 2.51. The Bertz CT molecular complexity index is 808. The molecule has 3 rings (SSSR count). The van der Waals surface area contributed by atoms with Gasteiger partial charge in [-0.1, -0.05) is 29.8 Å². The molecule has 0 unspecified atom stereocenters. The molecule has 1 atom stereocenters. The molecule has 136 valence electrons. The molecule has 0 aliphatic carbocycles. The number of hydrogen-bond acceptors (Lipinski definition) is 2. The topological polar surface area (TPSA) is 64.7 Å². The Hall–Kier alpha value is -2.73. The molecule has 2 aromatic carbocycles. The van der Waals surface area contributed by atoms with Crippen LogP contribution in [0.4, 0.5) is 21.0 Å². The third kappa shape index (κ3) is 3.32. The van der Waals surface area contributed by atoms with E-state index in [2.05, 4.69) is 10.6 Å². The number of hydrogen-bond donors (Lipinski definition) is 2. The van der Waals surface area contributed by atoms with E-state index in [-0.39, 0.29) is 6.03 Å². The molecule has 26 heavy (non-hydrogen) atoms. The maximum atomic E-state index is 12.8. The first-order valence-electron chi connectivity index (χ1n) is 8.26. The highest BCUT2D eigenvalue weighted by molar-refractivity contribution is 6.30. The van der Waals surface area contributed by atoms with Crippen LogP contribution in [-0.2, 0) is 0 Å². The summed E-state index contributed by atoms with van der Waals surface area (Å²) in [6.07, 6.45) is -0.533. The van der Waals surface area contributed by atoms with Crippen molar-refractivity contribution in [3.05, 3.63) is 59.6 Å². The summed E-state index contributed by atoms with van der Waals surface area (Å²) >= 11 is 5.86. The summed E-state index contributed by atoms with van der Waals surface area (Å²) in [4.78, 5) is 28.5. The van der Waals surface area contributed by atoms with Gasteiger partial charge in [-0.05, 0) is 50.2 Å². The fourth-order valence-corrected chi connectivity index (χ4v) is 3.06. The predicted molar refractivity (Wildman–Crippen MR) is 104 cm³/mol. The molecule has 2 N–H and O–H groups in total. The van der Waals surface area contributed by atoms with Gasteiger partial charge in [-0.15, -0.1) is 0 Å². The summed E-state index contributed by atoms with van der Waals surface area (Å²) in [5.41, 5.74) is 0.755. The molecule has 4 amide bonds. The van der Waals surface area contributed by atoms with Gasteiger partial charge in [-0.3, -0.25) is 4.90 Å². The van der Waals surface area contributed by atoms with E-state index in [1.165, 1.54) is 0 Å². The molecule has 1 aliphatic heterocycles. The van der Waals surface area contributed by atoms with Crippen molar-refractivity contribution < 1.29 is 9.59 Å². The van der Waals surface area contributed by atoms with Gasteiger partial charge in [0.1, 0.15) is 6.17 Å². The van der Waals surface area contributed by atoms with Crippen molar-refractivity contribution in [2.75, 3.05) is 17.3 Å². The van der Waals surface area contributed by atoms with Crippen LogP contribution in [0.1, 0.15) is 13.8 Å². The molecule has 0 bridgehead atoms. The number of likely N-dealkylation sites (N-methyl/N-ethyl adjacent to an activating group) is 1. The van der Waals surface area contributed by atoms with E-state index >= 15 is 0 Å². The lowest BCUT2D eigenvalue weighted by atomic mass is 10.0. The normalized spacial score (nSPS) is 18.8. The van der Waals surface area contributed by atoms with Crippen molar-refractivity contribution >= 4 is 35.0 Å². The van der Waals surface area contributed by atoms with E-state index in [9.17, 15) is 9.59 Å². The molecule has 1 aliphatic rings. The number of amides is 4. The van der Waals surface area contributed by atoms with Gasteiger partial charge in [-0.2, -0.15) is 0 Å². The van der Waals surface area contributed by atoms with Gasteiger partial charge in [0.25, 0.3) is 0 Å². The monoisotopic (exact) mass is 372 g/mol. The summed E-state index contributed by atoms with van der Waals surface area (Å²) in [6.45, 7) is 3.84. The molecule has 0 radical (unpaired) electrons. The second-order valence-corrected chi connectivity index (χ2v) is 7.15. The third-order valence-electron chi connectivity index (χ3n) is 4.69. The van der Waals surface area contributed by atoms with Crippen LogP contribution >= 0.6 is 11.6 Å². The lowest BCUT2D eigenvalue weighted by Gasteiger charge is -2.33. The number of carbonyl (C=O) groups is 2. The molecule has 1 heterocycles. The van der Waals surface area contributed by atoms with Crippen LogP contribution in [0.5, 0.6) is 0 Å². The second-order valence-electron chi connectivity index (χ2n) is 6.71. The molecule has 0 aromatic heterocycles. The Morgan fingerprint density at radius 2 is 1.69 bits per heavy atom. The minimum atomic E-state index is -0.593. The Kier molecular flexibility index (Phi) is 4.78.